The molecule has 1 N–H and O–H groups in total. The van der Waals surface area contributed by atoms with Crippen LogP contribution >= 0.6 is 0 Å². The van der Waals surface area contributed by atoms with E-state index in [1.807, 2.05) is 66.3 Å². The average molecular weight is 489 g/mol. The van der Waals surface area contributed by atoms with E-state index in [4.69, 9.17) is 4.98 Å². The third-order valence-electron chi connectivity index (χ3n) is 6.92. The average Bonchev–Trinajstić information content (AvgIpc) is 3.33. The summed E-state index contributed by atoms with van der Waals surface area (Å²) in [5.74, 6) is -0.0828. The Bertz CT molecular complexity index is 1520. The van der Waals surface area contributed by atoms with E-state index < -0.39 is 0 Å². The van der Waals surface area contributed by atoms with Crippen molar-refractivity contribution in [1.29, 1.82) is 0 Å². The van der Waals surface area contributed by atoms with E-state index >= 15 is 0 Å². The molecule has 2 heterocycles. The van der Waals surface area contributed by atoms with Gasteiger partial charge in [-0.15, -0.1) is 0 Å². The van der Waals surface area contributed by atoms with Gasteiger partial charge in [0.15, 0.2) is 0 Å². The maximum atomic E-state index is 13.5. The van der Waals surface area contributed by atoms with Crippen molar-refractivity contribution in [1.82, 2.24) is 20.1 Å². The van der Waals surface area contributed by atoms with Gasteiger partial charge in [0.05, 0.1) is 34.4 Å². The summed E-state index contributed by atoms with van der Waals surface area (Å²) in [5.41, 5.74) is 7.64. The summed E-state index contributed by atoms with van der Waals surface area (Å²) < 4.78 is 1.93. The molecule has 5 heteroatoms. The molecule has 0 aliphatic rings. The quantitative estimate of drug-likeness (QED) is 0.264. The summed E-state index contributed by atoms with van der Waals surface area (Å²) in [5, 5.41) is 8.70. The van der Waals surface area contributed by atoms with Crippen LogP contribution in [0.1, 0.15) is 47.4 Å². The normalized spacial score (nSPS) is 12.0. The number of amides is 1. The van der Waals surface area contributed by atoms with Crippen molar-refractivity contribution in [3.8, 4) is 16.9 Å². The van der Waals surface area contributed by atoms with Crippen LogP contribution in [-0.4, -0.2) is 26.7 Å². The smallest absolute Gasteiger partial charge is 0.252 e. The van der Waals surface area contributed by atoms with Gasteiger partial charge >= 0.3 is 0 Å². The minimum absolute atomic E-state index is 0.0404. The molecule has 1 unspecified atom stereocenters. The number of carbonyl (C=O) groups is 1. The topological polar surface area (TPSA) is 59.8 Å². The van der Waals surface area contributed by atoms with Gasteiger partial charge in [-0.25, -0.2) is 9.67 Å². The van der Waals surface area contributed by atoms with Crippen LogP contribution in [0.4, 0.5) is 0 Å². The van der Waals surface area contributed by atoms with Crippen LogP contribution in [0.5, 0.6) is 0 Å². The Morgan fingerprint density at radius 3 is 2.43 bits per heavy atom. The van der Waals surface area contributed by atoms with Crippen molar-refractivity contribution in [3.05, 3.63) is 114 Å². The summed E-state index contributed by atoms with van der Waals surface area (Å²) in [7, 11) is 0. The number of aromatic nitrogens is 3. The van der Waals surface area contributed by atoms with Gasteiger partial charge in [-0.05, 0) is 68.5 Å². The summed E-state index contributed by atoms with van der Waals surface area (Å²) in [4.78, 5) is 18.4. The molecule has 0 saturated carbocycles. The lowest BCUT2D eigenvalue weighted by Crippen LogP contribution is -2.33. The lowest BCUT2D eigenvalue weighted by molar-refractivity contribution is 0.0940. The van der Waals surface area contributed by atoms with Crippen molar-refractivity contribution >= 4 is 16.8 Å². The molecule has 5 aromatic rings. The van der Waals surface area contributed by atoms with E-state index in [-0.39, 0.29) is 11.9 Å². The van der Waals surface area contributed by atoms with Crippen LogP contribution < -0.4 is 5.32 Å². The molecule has 1 amide bonds. The standard InChI is InChI=1S/C32H32N4O/c1-4-24-16-18-26(19-17-24)36-23(3)29(21-33-36)31-20-28(27-12-8-9-13-30(27)35-31)32(37)34-22(2)14-15-25-10-6-5-7-11-25/h5-13,16-22H,4,14-15H2,1-3H3,(H,34,37). The number of fused-ring (bicyclic) bond motifs is 1. The number of pyridine rings is 1. The van der Waals surface area contributed by atoms with Crippen LogP contribution in [0.3, 0.4) is 0 Å². The Morgan fingerprint density at radius 2 is 1.68 bits per heavy atom. The first-order valence-corrected chi connectivity index (χ1v) is 12.9. The third kappa shape index (κ3) is 5.31. The molecular weight excluding hydrogens is 456 g/mol. The van der Waals surface area contributed by atoms with E-state index in [0.717, 1.165) is 52.8 Å². The minimum atomic E-state index is -0.0828. The highest BCUT2D eigenvalue weighted by Gasteiger charge is 2.18. The van der Waals surface area contributed by atoms with E-state index in [9.17, 15) is 4.79 Å². The number of rotatable bonds is 8. The summed E-state index contributed by atoms with van der Waals surface area (Å²) in [6.07, 6.45) is 4.63. The molecule has 3 aromatic carbocycles. The van der Waals surface area contributed by atoms with Gasteiger partial charge < -0.3 is 5.32 Å². The van der Waals surface area contributed by atoms with Crippen LogP contribution in [0.25, 0.3) is 27.8 Å². The third-order valence-corrected chi connectivity index (χ3v) is 6.92. The number of aryl methyl sites for hydroxylation is 2. The molecule has 0 aliphatic heterocycles. The summed E-state index contributed by atoms with van der Waals surface area (Å²) in [6, 6.07) is 28.6. The summed E-state index contributed by atoms with van der Waals surface area (Å²) >= 11 is 0. The number of hydrogen-bond donors (Lipinski definition) is 1. The highest BCUT2D eigenvalue weighted by Crippen LogP contribution is 2.28. The monoisotopic (exact) mass is 488 g/mol. The second-order valence-corrected chi connectivity index (χ2v) is 9.55. The van der Waals surface area contributed by atoms with Crippen molar-refractivity contribution < 1.29 is 4.79 Å². The van der Waals surface area contributed by atoms with E-state index in [1.165, 1.54) is 11.1 Å². The second kappa shape index (κ2) is 10.8. The first-order valence-electron chi connectivity index (χ1n) is 12.9. The number of nitrogens with one attached hydrogen (secondary N) is 1. The molecule has 2 aromatic heterocycles. The first kappa shape index (κ1) is 24.4. The van der Waals surface area contributed by atoms with Crippen molar-refractivity contribution in [2.75, 3.05) is 0 Å². The number of para-hydroxylation sites is 1. The highest BCUT2D eigenvalue weighted by atomic mass is 16.1. The maximum absolute atomic E-state index is 13.5. The number of hydrogen-bond acceptors (Lipinski definition) is 3. The number of benzene rings is 3. The second-order valence-electron chi connectivity index (χ2n) is 9.55. The molecule has 0 saturated heterocycles. The molecule has 5 nitrogen and oxygen atoms in total. The molecule has 0 fully saturated rings. The zero-order valence-electron chi connectivity index (χ0n) is 21.6. The maximum Gasteiger partial charge on any atom is 0.252 e. The molecular formula is C32H32N4O. The van der Waals surface area contributed by atoms with Crippen LogP contribution in [-0.2, 0) is 12.8 Å². The Kier molecular flexibility index (Phi) is 7.13. The van der Waals surface area contributed by atoms with Crippen LogP contribution in [0, 0.1) is 6.92 Å². The van der Waals surface area contributed by atoms with Gasteiger partial charge in [0.1, 0.15) is 0 Å². The molecule has 0 bridgehead atoms. The van der Waals surface area contributed by atoms with Gasteiger partial charge in [-0.3, -0.25) is 4.79 Å². The summed E-state index contributed by atoms with van der Waals surface area (Å²) in [6.45, 7) is 6.25. The van der Waals surface area contributed by atoms with Crippen molar-refractivity contribution in [2.24, 2.45) is 0 Å². The van der Waals surface area contributed by atoms with Gasteiger partial charge in [0.25, 0.3) is 5.91 Å². The fourth-order valence-electron chi connectivity index (χ4n) is 4.70. The molecule has 0 spiro atoms. The Labute approximate surface area is 218 Å². The largest absolute Gasteiger partial charge is 0.350 e. The van der Waals surface area contributed by atoms with Crippen molar-refractivity contribution in [2.45, 2.75) is 46.1 Å². The van der Waals surface area contributed by atoms with Gasteiger partial charge in [-0.1, -0.05) is 67.6 Å². The van der Waals surface area contributed by atoms with E-state index in [1.54, 1.807) is 0 Å². The fraction of sp³-hybridized carbons (Fsp3) is 0.219. The minimum Gasteiger partial charge on any atom is -0.350 e. The molecule has 0 radical (unpaired) electrons. The highest BCUT2D eigenvalue weighted by molar-refractivity contribution is 6.07. The molecule has 37 heavy (non-hydrogen) atoms. The Hall–Kier alpha value is -4.25. The molecule has 1 atom stereocenters. The predicted octanol–water partition coefficient (Wildman–Crippen LogP) is 6.71. The first-order chi connectivity index (χ1) is 18.0. The lowest BCUT2D eigenvalue weighted by atomic mass is 10.0. The number of nitrogens with zero attached hydrogens (tertiary/aromatic N) is 3. The van der Waals surface area contributed by atoms with Crippen LogP contribution in [0.15, 0.2) is 91.1 Å². The number of carbonyl (C=O) groups excluding carboxylic acids is 1. The van der Waals surface area contributed by atoms with Crippen molar-refractivity contribution in [3.63, 3.8) is 0 Å². The predicted molar refractivity (Wildman–Crippen MR) is 150 cm³/mol. The SMILES string of the molecule is CCc1ccc(-n2ncc(-c3cc(C(=O)NC(C)CCc4ccccc4)c4ccccc4n3)c2C)cc1. The van der Waals surface area contributed by atoms with Crippen LogP contribution in [0.2, 0.25) is 0 Å². The fourth-order valence-corrected chi connectivity index (χ4v) is 4.70. The van der Waals surface area contributed by atoms with Gasteiger partial charge in [0, 0.05) is 17.0 Å². The van der Waals surface area contributed by atoms with Gasteiger partial charge in [0.2, 0.25) is 0 Å². The molecule has 0 aliphatic carbocycles. The Balaban J connectivity index is 1.43. The zero-order chi connectivity index (χ0) is 25.8. The van der Waals surface area contributed by atoms with Gasteiger partial charge in [-0.2, -0.15) is 5.10 Å². The van der Waals surface area contributed by atoms with E-state index in [2.05, 4.69) is 60.7 Å². The van der Waals surface area contributed by atoms with E-state index in [0.29, 0.717) is 5.56 Å². The molecule has 5 rings (SSSR count). The molecule has 186 valence electrons. The lowest BCUT2D eigenvalue weighted by Gasteiger charge is -2.16. The zero-order valence-corrected chi connectivity index (χ0v) is 21.6. The Morgan fingerprint density at radius 1 is 0.946 bits per heavy atom.